The molecule has 1 N–H and O–H groups in total. The first kappa shape index (κ1) is 16.7. The van der Waals surface area contributed by atoms with Crippen molar-refractivity contribution >= 4 is 5.95 Å². The van der Waals surface area contributed by atoms with Gasteiger partial charge in [0, 0.05) is 20.1 Å². The maximum Gasteiger partial charge on any atom is 0.227 e. The number of benzene rings is 1. The molecule has 1 aromatic carbocycles. The lowest BCUT2D eigenvalue weighted by molar-refractivity contribution is 0.268. The van der Waals surface area contributed by atoms with Gasteiger partial charge in [-0.2, -0.15) is 0 Å². The van der Waals surface area contributed by atoms with E-state index in [0.717, 1.165) is 18.8 Å². The molecule has 0 amide bonds. The van der Waals surface area contributed by atoms with Crippen LogP contribution in [0.4, 0.5) is 5.95 Å². The van der Waals surface area contributed by atoms with Crippen LogP contribution in [-0.4, -0.2) is 54.6 Å². The summed E-state index contributed by atoms with van der Waals surface area (Å²) >= 11 is 0. The lowest BCUT2D eigenvalue weighted by Crippen LogP contribution is -2.42. The van der Waals surface area contributed by atoms with Crippen molar-refractivity contribution in [1.82, 2.24) is 29.8 Å². The van der Waals surface area contributed by atoms with Crippen LogP contribution in [0.5, 0.6) is 0 Å². The Bertz CT molecular complexity index is 867. The first-order valence-electron chi connectivity index (χ1n) is 8.86. The zero-order chi connectivity index (χ0) is 18.1. The molecule has 0 atom stereocenters. The largest absolute Gasteiger partial charge is 0.394 e. The fourth-order valence-electron chi connectivity index (χ4n) is 3.53. The van der Waals surface area contributed by atoms with Crippen LogP contribution in [0.3, 0.4) is 0 Å². The highest BCUT2D eigenvalue weighted by Gasteiger charge is 2.34. The third-order valence-corrected chi connectivity index (χ3v) is 5.20. The van der Waals surface area contributed by atoms with Gasteiger partial charge < -0.3 is 10.0 Å². The summed E-state index contributed by atoms with van der Waals surface area (Å²) in [6.45, 7) is 0.445. The molecule has 0 unspecified atom stereocenters. The van der Waals surface area contributed by atoms with Gasteiger partial charge in [0.1, 0.15) is 0 Å². The Hall–Kier alpha value is -2.74. The van der Waals surface area contributed by atoms with E-state index < -0.39 is 0 Å². The molecule has 0 spiro atoms. The smallest absolute Gasteiger partial charge is 0.227 e. The zero-order valence-corrected chi connectivity index (χ0v) is 15.0. The highest BCUT2D eigenvalue weighted by molar-refractivity contribution is 5.51. The molecule has 1 aliphatic rings. The third-order valence-electron chi connectivity index (χ3n) is 5.20. The molecule has 4 rings (SSSR count). The van der Waals surface area contributed by atoms with Crippen LogP contribution in [0.25, 0.3) is 11.5 Å². The van der Waals surface area contributed by atoms with E-state index in [1.54, 1.807) is 10.9 Å². The van der Waals surface area contributed by atoms with Crippen LogP contribution in [0.2, 0.25) is 0 Å². The number of rotatable bonds is 6. The summed E-state index contributed by atoms with van der Waals surface area (Å²) in [5.74, 6) is 2.12. The van der Waals surface area contributed by atoms with Gasteiger partial charge in [-0.15, -0.1) is 15.3 Å². The van der Waals surface area contributed by atoms with Gasteiger partial charge in [-0.05, 0) is 24.3 Å². The molecule has 2 heterocycles. The Balaban J connectivity index is 1.46. The summed E-state index contributed by atoms with van der Waals surface area (Å²) in [6.07, 6.45) is 4.02. The van der Waals surface area contributed by atoms with E-state index in [2.05, 4.69) is 62.8 Å². The Morgan fingerprint density at radius 3 is 2.65 bits per heavy atom. The molecular formula is C18H23N7O. The first-order valence-corrected chi connectivity index (χ1v) is 8.86. The Labute approximate surface area is 152 Å². The molecule has 3 aromatic rings. The van der Waals surface area contributed by atoms with Gasteiger partial charge in [-0.25, -0.2) is 4.68 Å². The lowest BCUT2D eigenvalue weighted by atomic mass is 9.75. The molecule has 1 fully saturated rings. The molecule has 0 radical (unpaired) electrons. The predicted molar refractivity (Wildman–Crippen MR) is 97.7 cm³/mol. The monoisotopic (exact) mass is 353 g/mol. The highest BCUT2D eigenvalue weighted by Crippen LogP contribution is 2.40. The minimum atomic E-state index is 0.0276. The SMILES string of the molecule is CN(c1nnc(-c2cn(CCO)nn2)n1C)C1CC(c2ccccc2)C1. The summed E-state index contributed by atoms with van der Waals surface area (Å²) in [7, 11) is 4.02. The third kappa shape index (κ3) is 2.96. The summed E-state index contributed by atoms with van der Waals surface area (Å²) in [6, 6.07) is 11.1. The van der Waals surface area contributed by atoms with E-state index in [1.807, 2.05) is 11.6 Å². The van der Waals surface area contributed by atoms with Gasteiger partial charge in [0.25, 0.3) is 0 Å². The molecule has 8 nitrogen and oxygen atoms in total. The second-order valence-electron chi connectivity index (χ2n) is 6.82. The van der Waals surface area contributed by atoms with Gasteiger partial charge in [0.2, 0.25) is 5.95 Å². The fraction of sp³-hybridized carbons (Fsp3) is 0.444. The van der Waals surface area contributed by atoms with Gasteiger partial charge >= 0.3 is 0 Å². The number of anilines is 1. The van der Waals surface area contributed by atoms with Crippen molar-refractivity contribution in [3.05, 3.63) is 42.1 Å². The topological polar surface area (TPSA) is 84.9 Å². The summed E-state index contributed by atoms with van der Waals surface area (Å²) < 4.78 is 3.55. The van der Waals surface area contributed by atoms with Gasteiger partial charge in [-0.1, -0.05) is 35.5 Å². The fourth-order valence-corrected chi connectivity index (χ4v) is 3.53. The second-order valence-corrected chi connectivity index (χ2v) is 6.82. The Kier molecular flexibility index (Phi) is 4.42. The second kappa shape index (κ2) is 6.87. The minimum Gasteiger partial charge on any atom is -0.394 e. The molecule has 1 saturated carbocycles. The lowest BCUT2D eigenvalue weighted by Gasteiger charge is -2.41. The Morgan fingerprint density at radius 1 is 1.15 bits per heavy atom. The average molecular weight is 353 g/mol. The summed E-state index contributed by atoms with van der Waals surface area (Å²) in [5, 5.41) is 25.8. The summed E-state index contributed by atoms with van der Waals surface area (Å²) in [4.78, 5) is 2.20. The van der Waals surface area contributed by atoms with Crippen molar-refractivity contribution < 1.29 is 5.11 Å². The molecule has 0 saturated heterocycles. The molecule has 8 heteroatoms. The van der Waals surface area contributed by atoms with Crippen LogP contribution in [0, 0.1) is 0 Å². The first-order chi connectivity index (χ1) is 12.7. The van der Waals surface area contributed by atoms with Crippen molar-refractivity contribution in [3.8, 4) is 11.5 Å². The van der Waals surface area contributed by atoms with E-state index in [0.29, 0.717) is 30.0 Å². The quantitative estimate of drug-likeness (QED) is 0.722. The number of aromatic nitrogens is 6. The molecule has 136 valence electrons. The number of hydrogen-bond donors (Lipinski definition) is 1. The van der Waals surface area contributed by atoms with E-state index in [1.165, 1.54) is 5.56 Å². The number of nitrogens with zero attached hydrogens (tertiary/aromatic N) is 7. The maximum absolute atomic E-state index is 9.00. The van der Waals surface area contributed by atoms with E-state index in [9.17, 15) is 0 Å². The van der Waals surface area contributed by atoms with Crippen LogP contribution in [0.1, 0.15) is 24.3 Å². The predicted octanol–water partition coefficient (Wildman–Crippen LogP) is 1.45. The molecule has 0 bridgehead atoms. The molecule has 2 aromatic heterocycles. The average Bonchev–Trinajstić information content (AvgIpc) is 3.21. The summed E-state index contributed by atoms with van der Waals surface area (Å²) in [5.41, 5.74) is 2.07. The van der Waals surface area contributed by atoms with E-state index in [4.69, 9.17) is 5.11 Å². The highest BCUT2D eigenvalue weighted by atomic mass is 16.3. The van der Waals surface area contributed by atoms with Crippen molar-refractivity contribution in [3.63, 3.8) is 0 Å². The molecular weight excluding hydrogens is 330 g/mol. The van der Waals surface area contributed by atoms with Crippen molar-refractivity contribution in [2.75, 3.05) is 18.6 Å². The number of hydrogen-bond acceptors (Lipinski definition) is 6. The minimum absolute atomic E-state index is 0.0276. The molecule has 26 heavy (non-hydrogen) atoms. The van der Waals surface area contributed by atoms with Crippen LogP contribution >= 0.6 is 0 Å². The van der Waals surface area contributed by atoms with E-state index in [-0.39, 0.29) is 6.61 Å². The van der Waals surface area contributed by atoms with Crippen LogP contribution in [0.15, 0.2) is 36.5 Å². The standard InChI is InChI=1S/C18H23N7O/c1-23(15-10-14(11-15)13-6-4-3-5-7-13)18-21-20-17(24(18)2)16-12-25(8-9-26)22-19-16/h3-7,12,14-15,26H,8-11H2,1-2H3. The van der Waals surface area contributed by atoms with Crippen LogP contribution < -0.4 is 4.90 Å². The normalized spacial score (nSPS) is 19.3. The van der Waals surface area contributed by atoms with Gasteiger partial charge in [0.15, 0.2) is 11.5 Å². The van der Waals surface area contributed by atoms with E-state index >= 15 is 0 Å². The van der Waals surface area contributed by atoms with Gasteiger partial charge in [-0.3, -0.25) is 4.57 Å². The molecule has 0 aliphatic heterocycles. The zero-order valence-electron chi connectivity index (χ0n) is 15.0. The Morgan fingerprint density at radius 2 is 1.92 bits per heavy atom. The number of aliphatic hydroxyl groups excluding tert-OH is 1. The van der Waals surface area contributed by atoms with Crippen molar-refractivity contribution in [1.29, 1.82) is 0 Å². The van der Waals surface area contributed by atoms with Gasteiger partial charge in [0.05, 0.1) is 19.3 Å². The van der Waals surface area contributed by atoms with Crippen LogP contribution in [-0.2, 0) is 13.6 Å². The molecule has 1 aliphatic carbocycles. The van der Waals surface area contributed by atoms with Crippen molar-refractivity contribution in [2.45, 2.75) is 31.3 Å². The number of aliphatic hydroxyl groups is 1. The maximum atomic E-state index is 9.00. The van der Waals surface area contributed by atoms with Crippen molar-refractivity contribution in [2.24, 2.45) is 7.05 Å².